The van der Waals surface area contributed by atoms with Gasteiger partial charge in [0.2, 0.25) is 0 Å². The van der Waals surface area contributed by atoms with Gasteiger partial charge in [0, 0.05) is 5.38 Å². The number of ether oxygens (including phenoxy) is 1. The first-order valence-electron chi connectivity index (χ1n) is 6.94. The van der Waals surface area contributed by atoms with Crippen molar-refractivity contribution in [3.8, 4) is 5.82 Å². The predicted molar refractivity (Wildman–Crippen MR) is 86.7 cm³/mol. The molecule has 0 saturated carbocycles. The van der Waals surface area contributed by atoms with Gasteiger partial charge in [0.1, 0.15) is 16.1 Å². The Morgan fingerprint density at radius 2 is 2.10 bits per heavy atom. The van der Waals surface area contributed by atoms with Crippen LogP contribution < -0.4 is 4.90 Å². The van der Waals surface area contributed by atoms with Crippen LogP contribution in [0, 0.1) is 0 Å². The largest absolute Gasteiger partial charge is 0.377 e. The number of fused-ring (bicyclic) bond motifs is 2. The van der Waals surface area contributed by atoms with Crippen molar-refractivity contribution < 1.29 is 4.74 Å². The summed E-state index contributed by atoms with van der Waals surface area (Å²) in [4.78, 5) is 11.4. The Labute approximate surface area is 140 Å². The molecule has 2 bridgehead atoms. The van der Waals surface area contributed by atoms with Crippen LogP contribution in [0.3, 0.4) is 0 Å². The van der Waals surface area contributed by atoms with E-state index in [9.17, 15) is 0 Å². The first kappa shape index (κ1) is 14.0. The Kier molecular flexibility index (Phi) is 3.69. The molecule has 4 rings (SSSR count). The maximum Gasteiger partial charge on any atom is 0.188 e. The average molecular weight is 390 g/mol. The standard InChI is InChI=1S/C13H14BrClN4OS/c14-11-12(15)18(7-16-11)10-6-21-13(17-10)19-8-2-1-3-9(19)5-20-4-8/h6-9H,1-5H2/t8-,9+. The Bertz CT molecular complexity index is 638. The minimum absolute atomic E-state index is 0.460. The highest BCUT2D eigenvalue weighted by Crippen LogP contribution is 2.35. The van der Waals surface area contributed by atoms with E-state index in [-0.39, 0.29) is 0 Å². The molecule has 112 valence electrons. The lowest BCUT2D eigenvalue weighted by molar-refractivity contribution is 0.0463. The van der Waals surface area contributed by atoms with Crippen molar-refractivity contribution in [2.75, 3.05) is 18.1 Å². The number of nitrogens with zero attached hydrogens (tertiary/aromatic N) is 4. The summed E-state index contributed by atoms with van der Waals surface area (Å²) in [6.45, 7) is 1.62. The van der Waals surface area contributed by atoms with Crippen LogP contribution in [0.25, 0.3) is 5.82 Å². The summed E-state index contributed by atoms with van der Waals surface area (Å²) in [5.74, 6) is 0.822. The number of morpholine rings is 1. The highest BCUT2D eigenvalue weighted by molar-refractivity contribution is 9.10. The van der Waals surface area contributed by atoms with Crippen LogP contribution in [0.4, 0.5) is 5.13 Å². The summed E-state index contributed by atoms with van der Waals surface area (Å²) < 4.78 is 8.13. The summed E-state index contributed by atoms with van der Waals surface area (Å²) in [7, 11) is 0. The van der Waals surface area contributed by atoms with Crippen molar-refractivity contribution in [3.63, 3.8) is 0 Å². The summed E-state index contributed by atoms with van der Waals surface area (Å²) in [5, 5.41) is 3.64. The van der Waals surface area contributed by atoms with Gasteiger partial charge in [-0.3, -0.25) is 4.57 Å². The third-order valence-electron chi connectivity index (χ3n) is 4.10. The molecule has 2 aromatic heterocycles. The summed E-state index contributed by atoms with van der Waals surface area (Å²) in [6, 6.07) is 0.919. The zero-order valence-corrected chi connectivity index (χ0v) is 14.4. The monoisotopic (exact) mass is 388 g/mol. The number of thiazole rings is 1. The van der Waals surface area contributed by atoms with Gasteiger partial charge >= 0.3 is 0 Å². The zero-order chi connectivity index (χ0) is 14.4. The minimum Gasteiger partial charge on any atom is -0.377 e. The first-order chi connectivity index (χ1) is 10.2. The minimum atomic E-state index is 0.460. The SMILES string of the molecule is Clc1c(Br)ncn1-c1csc(N2[C@@H]3CCC[C@H]2COC3)n1. The molecule has 21 heavy (non-hydrogen) atoms. The summed E-state index contributed by atoms with van der Waals surface area (Å²) >= 11 is 11.2. The number of aromatic nitrogens is 3. The molecule has 2 aromatic rings. The highest BCUT2D eigenvalue weighted by Gasteiger charge is 2.36. The molecule has 2 aliphatic heterocycles. The molecule has 0 aliphatic carbocycles. The number of hydrogen-bond acceptors (Lipinski definition) is 5. The second-order valence-electron chi connectivity index (χ2n) is 5.37. The van der Waals surface area contributed by atoms with E-state index in [2.05, 4.69) is 25.8 Å². The number of rotatable bonds is 2. The van der Waals surface area contributed by atoms with E-state index in [1.807, 2.05) is 5.38 Å². The van der Waals surface area contributed by atoms with E-state index < -0.39 is 0 Å². The molecule has 5 nitrogen and oxygen atoms in total. The molecule has 0 N–H and O–H groups in total. The van der Waals surface area contributed by atoms with Crippen molar-refractivity contribution >= 4 is 44.0 Å². The quantitative estimate of drug-likeness (QED) is 0.788. The Hall–Kier alpha value is -0.630. The van der Waals surface area contributed by atoms with Gasteiger partial charge in [0.05, 0.1) is 25.3 Å². The highest BCUT2D eigenvalue weighted by atomic mass is 79.9. The second-order valence-corrected chi connectivity index (χ2v) is 7.31. The lowest BCUT2D eigenvalue weighted by Gasteiger charge is -2.45. The van der Waals surface area contributed by atoms with Crippen LogP contribution in [0.1, 0.15) is 19.3 Å². The van der Waals surface area contributed by atoms with Gasteiger partial charge in [-0.2, -0.15) is 0 Å². The number of anilines is 1. The summed E-state index contributed by atoms with van der Waals surface area (Å²) in [5.41, 5.74) is 0. The smallest absolute Gasteiger partial charge is 0.188 e. The van der Waals surface area contributed by atoms with E-state index >= 15 is 0 Å². The van der Waals surface area contributed by atoms with Gasteiger partial charge in [0.15, 0.2) is 10.9 Å². The van der Waals surface area contributed by atoms with Gasteiger partial charge in [-0.1, -0.05) is 11.6 Å². The topological polar surface area (TPSA) is 43.2 Å². The lowest BCUT2D eigenvalue weighted by Crippen LogP contribution is -2.55. The van der Waals surface area contributed by atoms with Gasteiger partial charge in [0.25, 0.3) is 0 Å². The van der Waals surface area contributed by atoms with E-state index in [0.29, 0.717) is 21.8 Å². The van der Waals surface area contributed by atoms with Crippen molar-refractivity contribution in [2.45, 2.75) is 31.3 Å². The Morgan fingerprint density at radius 3 is 2.76 bits per heavy atom. The fourth-order valence-electron chi connectivity index (χ4n) is 3.10. The third kappa shape index (κ3) is 2.40. The van der Waals surface area contributed by atoms with Crippen molar-refractivity contribution in [1.82, 2.24) is 14.5 Å². The fraction of sp³-hybridized carbons (Fsp3) is 0.538. The maximum atomic E-state index is 6.22. The zero-order valence-electron chi connectivity index (χ0n) is 11.2. The first-order valence-corrected chi connectivity index (χ1v) is 8.99. The van der Waals surface area contributed by atoms with Gasteiger partial charge in [-0.15, -0.1) is 11.3 Å². The molecule has 2 fully saturated rings. The maximum absolute atomic E-state index is 6.22. The molecule has 0 spiro atoms. The molecule has 0 radical (unpaired) electrons. The van der Waals surface area contributed by atoms with Crippen molar-refractivity contribution in [1.29, 1.82) is 0 Å². The average Bonchev–Trinajstić information content (AvgIpc) is 3.06. The molecule has 4 heterocycles. The molecule has 0 unspecified atom stereocenters. The molecule has 0 aromatic carbocycles. The van der Waals surface area contributed by atoms with E-state index in [1.54, 1.807) is 22.2 Å². The number of piperidine rings is 1. The van der Waals surface area contributed by atoms with Crippen LogP contribution >= 0.6 is 38.9 Å². The van der Waals surface area contributed by atoms with Gasteiger partial charge in [-0.25, -0.2) is 9.97 Å². The molecular weight excluding hydrogens is 376 g/mol. The molecule has 2 saturated heterocycles. The fourth-order valence-corrected chi connectivity index (χ4v) is 4.51. The van der Waals surface area contributed by atoms with Gasteiger partial charge < -0.3 is 9.64 Å². The lowest BCUT2D eigenvalue weighted by atomic mass is 9.95. The second kappa shape index (κ2) is 5.53. The molecule has 0 amide bonds. The van der Waals surface area contributed by atoms with Crippen molar-refractivity contribution in [2.24, 2.45) is 0 Å². The summed E-state index contributed by atoms with van der Waals surface area (Å²) in [6.07, 6.45) is 5.34. The van der Waals surface area contributed by atoms with Crippen LogP contribution in [0.15, 0.2) is 16.3 Å². The third-order valence-corrected chi connectivity index (χ3v) is 6.11. The Morgan fingerprint density at radius 1 is 1.33 bits per heavy atom. The van der Waals surface area contributed by atoms with E-state index in [0.717, 1.165) is 24.2 Å². The molecule has 2 aliphatic rings. The number of imidazole rings is 1. The number of hydrogen-bond donors (Lipinski definition) is 0. The molecule has 8 heteroatoms. The van der Waals surface area contributed by atoms with E-state index in [4.69, 9.17) is 21.3 Å². The van der Waals surface area contributed by atoms with Crippen LogP contribution in [-0.4, -0.2) is 39.8 Å². The number of halogens is 2. The van der Waals surface area contributed by atoms with Crippen LogP contribution in [-0.2, 0) is 4.74 Å². The molecule has 2 atom stereocenters. The van der Waals surface area contributed by atoms with Crippen LogP contribution in [0.2, 0.25) is 5.15 Å². The predicted octanol–water partition coefficient (Wildman–Crippen LogP) is 3.50. The van der Waals surface area contributed by atoms with Gasteiger partial charge in [-0.05, 0) is 35.2 Å². The molecular formula is C13H14BrClN4OS. The van der Waals surface area contributed by atoms with Crippen LogP contribution in [0.5, 0.6) is 0 Å². The normalized spacial score (nSPS) is 25.3. The van der Waals surface area contributed by atoms with E-state index in [1.165, 1.54) is 19.3 Å². The Balaban J connectivity index is 1.66. The van der Waals surface area contributed by atoms with Crippen molar-refractivity contribution in [3.05, 3.63) is 21.5 Å².